The first-order valence-corrected chi connectivity index (χ1v) is 5.63. The molecule has 0 aliphatic carbocycles. The van der Waals surface area contributed by atoms with Crippen LogP contribution in [-0.2, 0) is 11.3 Å². The van der Waals surface area contributed by atoms with Crippen LogP contribution < -0.4 is 11.1 Å². The van der Waals surface area contributed by atoms with Gasteiger partial charge in [-0.15, -0.1) is 0 Å². The summed E-state index contributed by atoms with van der Waals surface area (Å²) in [4.78, 5) is 3.63. The van der Waals surface area contributed by atoms with Gasteiger partial charge >= 0.3 is 6.18 Å². The molecule has 7 heteroatoms. The number of alkyl halides is 3. The second-order valence-corrected chi connectivity index (χ2v) is 3.85. The van der Waals surface area contributed by atoms with Crippen molar-refractivity contribution >= 4 is 11.6 Å². The number of methoxy groups -OCH3 is 1. The second kappa shape index (κ2) is 6.98. The lowest BCUT2D eigenvalue weighted by atomic mass is 10.2. The Hall–Kier alpha value is -1.76. The Morgan fingerprint density at radius 3 is 2.68 bits per heavy atom. The standard InChI is InChI=1S/C12H16F3N3O/c1-19-8-9-4-2-3-5-10(9)18-11(16)17-7-6-12(13,14)15/h2-5H,6-8H2,1H3,(H3,16,17,18). The summed E-state index contributed by atoms with van der Waals surface area (Å²) in [6.45, 7) is -0.0201. The van der Waals surface area contributed by atoms with E-state index in [4.69, 9.17) is 10.5 Å². The maximum atomic E-state index is 12.0. The number of para-hydroxylation sites is 1. The molecule has 0 atom stereocenters. The largest absolute Gasteiger partial charge is 0.390 e. The van der Waals surface area contributed by atoms with E-state index in [1.807, 2.05) is 12.1 Å². The normalized spacial score (nSPS) is 12.5. The van der Waals surface area contributed by atoms with Crippen molar-refractivity contribution in [3.05, 3.63) is 29.8 Å². The number of guanidine groups is 1. The van der Waals surface area contributed by atoms with Gasteiger partial charge in [-0.05, 0) is 6.07 Å². The van der Waals surface area contributed by atoms with Crippen molar-refractivity contribution in [1.29, 1.82) is 0 Å². The summed E-state index contributed by atoms with van der Waals surface area (Å²) in [6, 6.07) is 7.19. The maximum Gasteiger partial charge on any atom is 0.390 e. The predicted molar refractivity (Wildman–Crippen MR) is 67.9 cm³/mol. The molecule has 0 radical (unpaired) electrons. The zero-order valence-electron chi connectivity index (χ0n) is 10.5. The molecule has 0 bridgehead atoms. The molecule has 4 nitrogen and oxygen atoms in total. The average molecular weight is 275 g/mol. The van der Waals surface area contributed by atoms with E-state index in [0.29, 0.717) is 12.3 Å². The van der Waals surface area contributed by atoms with Crippen LogP contribution in [0.15, 0.2) is 29.3 Å². The van der Waals surface area contributed by atoms with E-state index in [0.717, 1.165) is 5.56 Å². The van der Waals surface area contributed by atoms with E-state index < -0.39 is 19.1 Å². The fourth-order valence-corrected chi connectivity index (χ4v) is 1.40. The third-order valence-electron chi connectivity index (χ3n) is 2.26. The Kier molecular flexibility index (Phi) is 5.62. The Bertz CT molecular complexity index is 432. The van der Waals surface area contributed by atoms with Crippen molar-refractivity contribution < 1.29 is 17.9 Å². The third-order valence-corrected chi connectivity index (χ3v) is 2.26. The minimum Gasteiger partial charge on any atom is -0.380 e. The first-order valence-electron chi connectivity index (χ1n) is 5.63. The van der Waals surface area contributed by atoms with Crippen LogP contribution in [0, 0.1) is 0 Å². The molecule has 1 aromatic rings. The lowest BCUT2D eigenvalue weighted by molar-refractivity contribution is -0.132. The van der Waals surface area contributed by atoms with Crippen LogP contribution in [0.5, 0.6) is 0 Å². The quantitative estimate of drug-likeness (QED) is 0.641. The monoisotopic (exact) mass is 275 g/mol. The first kappa shape index (κ1) is 15.3. The molecule has 0 heterocycles. The summed E-state index contributed by atoms with van der Waals surface area (Å²) in [7, 11) is 1.55. The Balaban J connectivity index is 2.61. The lowest BCUT2D eigenvalue weighted by Gasteiger charge is -2.11. The molecule has 0 unspecified atom stereocenters. The number of hydrogen-bond acceptors (Lipinski definition) is 2. The SMILES string of the molecule is COCc1ccccc1NC(N)=NCCC(F)(F)F. The van der Waals surface area contributed by atoms with Crippen LogP contribution in [0.3, 0.4) is 0 Å². The molecule has 0 amide bonds. The van der Waals surface area contributed by atoms with Crippen LogP contribution in [0.2, 0.25) is 0 Å². The molecular formula is C12H16F3N3O. The fourth-order valence-electron chi connectivity index (χ4n) is 1.40. The molecule has 106 valence electrons. The van der Waals surface area contributed by atoms with Gasteiger partial charge in [0.1, 0.15) is 0 Å². The molecular weight excluding hydrogens is 259 g/mol. The summed E-state index contributed by atoms with van der Waals surface area (Å²) in [5, 5.41) is 2.76. The molecule has 0 saturated carbocycles. The van der Waals surface area contributed by atoms with E-state index in [1.54, 1.807) is 19.2 Å². The van der Waals surface area contributed by atoms with Crippen LogP contribution in [0.1, 0.15) is 12.0 Å². The minimum absolute atomic E-state index is 0.0483. The summed E-state index contributed by atoms with van der Waals surface area (Å²) in [5.41, 5.74) is 7.04. The summed E-state index contributed by atoms with van der Waals surface area (Å²) in [6.07, 6.45) is -5.22. The van der Waals surface area contributed by atoms with E-state index in [2.05, 4.69) is 10.3 Å². The molecule has 0 saturated heterocycles. The zero-order valence-corrected chi connectivity index (χ0v) is 10.5. The van der Waals surface area contributed by atoms with Gasteiger partial charge in [0.2, 0.25) is 0 Å². The Morgan fingerprint density at radius 1 is 1.37 bits per heavy atom. The van der Waals surface area contributed by atoms with Crippen molar-refractivity contribution in [3.8, 4) is 0 Å². The number of rotatable bonds is 5. The highest BCUT2D eigenvalue weighted by molar-refractivity contribution is 5.92. The van der Waals surface area contributed by atoms with E-state index in [9.17, 15) is 13.2 Å². The fraction of sp³-hybridized carbons (Fsp3) is 0.417. The van der Waals surface area contributed by atoms with Crippen molar-refractivity contribution in [2.24, 2.45) is 10.7 Å². The van der Waals surface area contributed by atoms with Gasteiger partial charge in [-0.3, -0.25) is 4.99 Å². The van der Waals surface area contributed by atoms with E-state index >= 15 is 0 Å². The summed E-state index contributed by atoms with van der Waals surface area (Å²) < 4.78 is 40.9. The van der Waals surface area contributed by atoms with Gasteiger partial charge in [-0.1, -0.05) is 18.2 Å². The van der Waals surface area contributed by atoms with Gasteiger partial charge in [-0.25, -0.2) is 0 Å². The van der Waals surface area contributed by atoms with E-state index in [1.165, 1.54) is 0 Å². The highest BCUT2D eigenvalue weighted by atomic mass is 19.4. The van der Waals surface area contributed by atoms with Crippen LogP contribution >= 0.6 is 0 Å². The zero-order chi connectivity index (χ0) is 14.3. The number of nitrogens with zero attached hydrogens (tertiary/aromatic N) is 1. The molecule has 1 rings (SSSR count). The Labute approximate surface area is 109 Å². The van der Waals surface area contributed by atoms with Gasteiger partial charge in [0, 0.05) is 18.4 Å². The molecule has 0 aliphatic heterocycles. The summed E-state index contributed by atoms with van der Waals surface area (Å²) in [5.74, 6) is -0.0483. The van der Waals surface area contributed by atoms with Gasteiger partial charge in [-0.2, -0.15) is 13.2 Å². The molecule has 3 N–H and O–H groups in total. The van der Waals surface area contributed by atoms with Crippen molar-refractivity contribution in [2.45, 2.75) is 19.2 Å². The number of halogens is 3. The number of anilines is 1. The number of ether oxygens (including phenoxy) is 1. The minimum atomic E-state index is -4.22. The Morgan fingerprint density at radius 2 is 2.05 bits per heavy atom. The first-order chi connectivity index (χ1) is 8.92. The highest BCUT2D eigenvalue weighted by Crippen LogP contribution is 2.19. The number of benzene rings is 1. The molecule has 19 heavy (non-hydrogen) atoms. The van der Waals surface area contributed by atoms with Crippen LogP contribution in [-0.4, -0.2) is 25.8 Å². The molecule has 0 aliphatic rings. The van der Waals surface area contributed by atoms with Gasteiger partial charge in [0.05, 0.1) is 19.6 Å². The number of nitrogens with two attached hydrogens (primary N) is 1. The average Bonchev–Trinajstić information content (AvgIpc) is 2.30. The third kappa shape index (κ3) is 6.10. The van der Waals surface area contributed by atoms with Gasteiger partial charge in [0.15, 0.2) is 5.96 Å². The van der Waals surface area contributed by atoms with Crippen LogP contribution in [0.4, 0.5) is 18.9 Å². The molecule has 0 spiro atoms. The van der Waals surface area contributed by atoms with E-state index in [-0.39, 0.29) is 5.96 Å². The van der Waals surface area contributed by atoms with Crippen molar-refractivity contribution in [2.75, 3.05) is 19.0 Å². The van der Waals surface area contributed by atoms with Crippen LogP contribution in [0.25, 0.3) is 0 Å². The second-order valence-electron chi connectivity index (χ2n) is 3.85. The molecule has 1 aromatic carbocycles. The molecule has 0 fully saturated rings. The highest BCUT2D eigenvalue weighted by Gasteiger charge is 2.26. The summed E-state index contributed by atoms with van der Waals surface area (Å²) >= 11 is 0. The molecule has 0 aromatic heterocycles. The smallest absolute Gasteiger partial charge is 0.380 e. The number of hydrogen-bond donors (Lipinski definition) is 2. The topological polar surface area (TPSA) is 59.6 Å². The lowest BCUT2D eigenvalue weighted by Crippen LogP contribution is -2.24. The number of nitrogens with one attached hydrogen (secondary N) is 1. The predicted octanol–water partition coefficient (Wildman–Crippen LogP) is 2.51. The van der Waals surface area contributed by atoms with Crippen molar-refractivity contribution in [1.82, 2.24) is 0 Å². The van der Waals surface area contributed by atoms with Gasteiger partial charge < -0.3 is 15.8 Å². The van der Waals surface area contributed by atoms with Crippen molar-refractivity contribution in [3.63, 3.8) is 0 Å². The maximum absolute atomic E-state index is 12.0. The van der Waals surface area contributed by atoms with Gasteiger partial charge in [0.25, 0.3) is 0 Å². The number of aliphatic imine (C=N–C) groups is 1.